The molecule has 0 bridgehead atoms. The zero-order valence-corrected chi connectivity index (χ0v) is 17.7. The Balaban J connectivity index is 1.67. The van der Waals surface area contributed by atoms with E-state index < -0.39 is 11.7 Å². The molecule has 1 aliphatic heterocycles. The summed E-state index contributed by atoms with van der Waals surface area (Å²) in [5, 5.41) is 5.81. The van der Waals surface area contributed by atoms with Gasteiger partial charge in [0.1, 0.15) is 17.4 Å². The zero-order valence-electron chi connectivity index (χ0n) is 17.7. The maximum absolute atomic E-state index is 14.3. The van der Waals surface area contributed by atoms with Crippen LogP contribution < -0.4 is 26.2 Å². The quantitative estimate of drug-likeness (QED) is 0.417. The third-order valence-corrected chi connectivity index (χ3v) is 4.75. The summed E-state index contributed by atoms with van der Waals surface area (Å²) in [6, 6.07) is 10.3. The summed E-state index contributed by atoms with van der Waals surface area (Å²) in [7, 11) is 1.43. The van der Waals surface area contributed by atoms with Gasteiger partial charge in [0.05, 0.1) is 18.8 Å². The van der Waals surface area contributed by atoms with E-state index in [1.165, 1.54) is 31.4 Å². The minimum absolute atomic E-state index is 0.0424. The fourth-order valence-electron chi connectivity index (χ4n) is 3.11. The van der Waals surface area contributed by atoms with E-state index in [1.54, 1.807) is 12.1 Å². The largest absolute Gasteiger partial charge is 0.497 e. The number of methoxy groups -OCH3 is 1. The van der Waals surface area contributed by atoms with Crippen LogP contribution in [-0.2, 0) is 0 Å². The van der Waals surface area contributed by atoms with Crippen molar-refractivity contribution in [1.29, 1.82) is 0 Å². The van der Waals surface area contributed by atoms with Crippen molar-refractivity contribution in [3.8, 4) is 5.75 Å². The first kappa shape index (κ1) is 22.6. The number of benzene rings is 2. The van der Waals surface area contributed by atoms with Gasteiger partial charge in [-0.15, -0.1) is 0 Å². The lowest BCUT2D eigenvalue weighted by Gasteiger charge is -2.17. The molecule has 4 N–H and O–H groups in total. The molecule has 0 aliphatic carbocycles. The molecule has 1 saturated heterocycles. The highest BCUT2D eigenvalue weighted by atomic mass is 19.1. The number of amides is 1. The fraction of sp³-hybridized carbons (Fsp3) is 0.364. The normalized spacial score (nSPS) is 18.8. The molecule has 1 heterocycles. The van der Waals surface area contributed by atoms with E-state index in [-0.39, 0.29) is 35.5 Å². The van der Waals surface area contributed by atoms with Crippen LogP contribution in [0.25, 0.3) is 0 Å². The average molecular weight is 431 g/mol. The summed E-state index contributed by atoms with van der Waals surface area (Å²) in [6.45, 7) is 4.49. The number of carbonyl (C=O) groups excluding carboxylic acids is 1. The molecule has 1 amide bonds. The number of hydrazine groups is 1. The Labute approximate surface area is 180 Å². The summed E-state index contributed by atoms with van der Waals surface area (Å²) in [4.78, 5) is 17.1. The van der Waals surface area contributed by atoms with Crippen molar-refractivity contribution < 1.29 is 18.3 Å². The van der Waals surface area contributed by atoms with Gasteiger partial charge in [-0.25, -0.2) is 19.6 Å². The second-order valence-electron chi connectivity index (χ2n) is 7.71. The van der Waals surface area contributed by atoms with Crippen LogP contribution in [0.4, 0.5) is 8.78 Å². The van der Waals surface area contributed by atoms with E-state index >= 15 is 0 Å². The van der Waals surface area contributed by atoms with Gasteiger partial charge in [0.25, 0.3) is 5.91 Å². The first-order valence-electron chi connectivity index (χ1n) is 10.1. The van der Waals surface area contributed by atoms with Crippen LogP contribution in [0.1, 0.15) is 42.2 Å². The van der Waals surface area contributed by atoms with Crippen LogP contribution in [0, 0.1) is 17.6 Å². The maximum atomic E-state index is 14.3. The Kier molecular flexibility index (Phi) is 7.54. The van der Waals surface area contributed by atoms with Gasteiger partial charge in [0, 0.05) is 25.1 Å². The first-order chi connectivity index (χ1) is 14.9. The van der Waals surface area contributed by atoms with Crippen LogP contribution >= 0.6 is 0 Å². The molecule has 7 nitrogen and oxygen atoms in total. The second kappa shape index (κ2) is 10.3. The minimum atomic E-state index is -0.683. The van der Waals surface area contributed by atoms with Crippen molar-refractivity contribution in [2.75, 3.05) is 13.7 Å². The van der Waals surface area contributed by atoms with Gasteiger partial charge < -0.3 is 10.1 Å². The SMILES string of the molecule is COc1ccc(C(=O)NC(=NCC(C)C)NC2CC(c3ccc(F)cc3)NN2)c(F)c1. The summed E-state index contributed by atoms with van der Waals surface area (Å²) in [5.74, 6) is -0.746. The smallest absolute Gasteiger partial charge is 0.260 e. The highest BCUT2D eigenvalue weighted by Gasteiger charge is 2.26. The van der Waals surface area contributed by atoms with Crippen molar-refractivity contribution in [2.24, 2.45) is 10.9 Å². The summed E-state index contributed by atoms with van der Waals surface area (Å²) >= 11 is 0. The first-order valence-corrected chi connectivity index (χ1v) is 10.1. The third-order valence-electron chi connectivity index (χ3n) is 4.75. The van der Waals surface area contributed by atoms with Gasteiger partial charge in [-0.3, -0.25) is 15.1 Å². The molecule has 0 saturated carbocycles. The number of aliphatic imine (C=N–C) groups is 1. The summed E-state index contributed by atoms with van der Waals surface area (Å²) in [6.07, 6.45) is 0.376. The zero-order chi connectivity index (χ0) is 22.4. The van der Waals surface area contributed by atoms with Crippen LogP contribution in [0.2, 0.25) is 0 Å². The predicted molar refractivity (Wildman–Crippen MR) is 115 cm³/mol. The van der Waals surface area contributed by atoms with Gasteiger partial charge in [0.15, 0.2) is 5.96 Å². The lowest BCUT2D eigenvalue weighted by atomic mass is 10.0. The molecule has 2 aromatic carbocycles. The molecule has 31 heavy (non-hydrogen) atoms. The highest BCUT2D eigenvalue weighted by molar-refractivity contribution is 6.06. The van der Waals surface area contributed by atoms with Crippen LogP contribution in [-0.4, -0.2) is 31.7 Å². The Morgan fingerprint density at radius 3 is 2.58 bits per heavy atom. The number of hydrogen-bond acceptors (Lipinski definition) is 5. The Bertz CT molecular complexity index is 934. The number of nitrogens with one attached hydrogen (secondary N) is 4. The summed E-state index contributed by atoms with van der Waals surface area (Å²) < 4.78 is 32.4. The van der Waals surface area contributed by atoms with E-state index in [0.717, 1.165) is 11.6 Å². The molecule has 9 heteroatoms. The molecule has 166 valence electrons. The molecule has 0 radical (unpaired) electrons. The topological polar surface area (TPSA) is 86.8 Å². The Hall–Kier alpha value is -3.04. The van der Waals surface area contributed by atoms with Crippen molar-refractivity contribution >= 4 is 11.9 Å². The second-order valence-corrected chi connectivity index (χ2v) is 7.71. The van der Waals surface area contributed by atoms with Gasteiger partial charge in [-0.1, -0.05) is 26.0 Å². The highest BCUT2D eigenvalue weighted by Crippen LogP contribution is 2.21. The van der Waals surface area contributed by atoms with Gasteiger partial charge in [-0.05, 0) is 35.7 Å². The van der Waals surface area contributed by atoms with Crippen molar-refractivity contribution in [3.05, 3.63) is 65.2 Å². The number of ether oxygens (including phenoxy) is 1. The molecule has 3 rings (SSSR count). The van der Waals surface area contributed by atoms with Crippen LogP contribution in [0.3, 0.4) is 0 Å². The fourth-order valence-corrected chi connectivity index (χ4v) is 3.11. The van der Waals surface area contributed by atoms with Crippen LogP contribution in [0.15, 0.2) is 47.5 Å². The molecule has 1 aliphatic rings. The molecule has 2 aromatic rings. The Morgan fingerprint density at radius 2 is 1.94 bits per heavy atom. The number of nitrogens with zero attached hydrogens (tertiary/aromatic N) is 1. The summed E-state index contributed by atoms with van der Waals surface area (Å²) in [5.41, 5.74) is 7.07. The Morgan fingerprint density at radius 1 is 1.19 bits per heavy atom. The number of hydrogen-bond donors (Lipinski definition) is 4. The molecule has 0 aromatic heterocycles. The lowest BCUT2D eigenvalue weighted by Crippen LogP contribution is -2.50. The molecule has 0 spiro atoms. The van der Waals surface area contributed by atoms with Gasteiger partial charge >= 0.3 is 0 Å². The van der Waals surface area contributed by atoms with Crippen molar-refractivity contribution in [3.63, 3.8) is 0 Å². The standard InChI is InChI=1S/C22H27F2N5O2/c1-13(2)12-25-22(27-21(30)17-9-8-16(31-3)10-18(17)24)26-20-11-19(28-29-20)14-4-6-15(23)7-5-14/h4-10,13,19-20,28-29H,11-12H2,1-3H3,(H2,25,26,27,30). The predicted octanol–water partition coefficient (Wildman–Crippen LogP) is 2.87. The lowest BCUT2D eigenvalue weighted by molar-refractivity contribution is 0.0971. The van der Waals surface area contributed by atoms with Crippen molar-refractivity contribution in [1.82, 2.24) is 21.5 Å². The molecular weight excluding hydrogens is 404 g/mol. The van der Waals surface area contributed by atoms with E-state index in [2.05, 4.69) is 26.5 Å². The van der Waals surface area contributed by atoms with Crippen LogP contribution in [0.5, 0.6) is 5.75 Å². The number of rotatable bonds is 6. The van der Waals surface area contributed by atoms with Gasteiger partial charge in [-0.2, -0.15) is 0 Å². The maximum Gasteiger partial charge on any atom is 0.260 e. The minimum Gasteiger partial charge on any atom is -0.497 e. The number of carbonyl (C=O) groups is 1. The van der Waals surface area contributed by atoms with E-state index in [0.29, 0.717) is 18.7 Å². The molecule has 2 atom stereocenters. The van der Waals surface area contributed by atoms with Gasteiger partial charge in [0.2, 0.25) is 0 Å². The van der Waals surface area contributed by atoms with E-state index in [9.17, 15) is 13.6 Å². The van der Waals surface area contributed by atoms with E-state index in [1.807, 2.05) is 13.8 Å². The molecule has 2 unspecified atom stereocenters. The average Bonchev–Trinajstić information content (AvgIpc) is 3.20. The van der Waals surface area contributed by atoms with Crippen molar-refractivity contribution in [2.45, 2.75) is 32.5 Å². The monoisotopic (exact) mass is 431 g/mol. The molecule has 1 fully saturated rings. The van der Waals surface area contributed by atoms with E-state index in [4.69, 9.17) is 4.74 Å². The number of halogens is 2. The third kappa shape index (κ3) is 6.22. The molecular formula is C22H27F2N5O2. The number of guanidine groups is 1.